The number of hydrogen-bond acceptors (Lipinski definition) is 6. The van der Waals surface area contributed by atoms with Crippen LogP contribution in [0.1, 0.15) is 60.4 Å². The summed E-state index contributed by atoms with van der Waals surface area (Å²) in [5, 5.41) is 14.0. The number of pyridine rings is 2. The third-order valence-corrected chi connectivity index (χ3v) is 7.33. The van der Waals surface area contributed by atoms with E-state index in [1.807, 2.05) is 13.8 Å². The van der Waals surface area contributed by atoms with E-state index in [0.29, 0.717) is 49.8 Å². The summed E-state index contributed by atoms with van der Waals surface area (Å²) in [7, 11) is 1.64. The van der Waals surface area contributed by atoms with Crippen LogP contribution in [0.5, 0.6) is 5.75 Å². The number of amides is 1. The zero-order valence-corrected chi connectivity index (χ0v) is 21.8. The highest BCUT2D eigenvalue weighted by molar-refractivity contribution is 7.16. The molecule has 4 rings (SSSR count). The molecule has 0 bridgehead atoms. The average Bonchev–Trinajstić information content (AvgIpc) is 3.42. The molecule has 4 aromatic rings. The van der Waals surface area contributed by atoms with Gasteiger partial charge in [0.05, 0.1) is 22.4 Å². The molecule has 0 fully saturated rings. The maximum atomic E-state index is 13.6. The number of rotatable bonds is 7. The predicted octanol–water partition coefficient (Wildman–Crippen LogP) is 4.55. The van der Waals surface area contributed by atoms with Gasteiger partial charge < -0.3 is 24.7 Å². The van der Waals surface area contributed by atoms with E-state index in [2.05, 4.69) is 15.3 Å². The molecule has 8 nitrogen and oxygen atoms in total. The van der Waals surface area contributed by atoms with Gasteiger partial charge in [0.2, 0.25) is 0 Å². The van der Waals surface area contributed by atoms with Gasteiger partial charge in [-0.05, 0) is 58.4 Å². The lowest BCUT2D eigenvalue weighted by Crippen LogP contribution is -2.23. The molecule has 0 saturated heterocycles. The van der Waals surface area contributed by atoms with Crippen molar-refractivity contribution in [3.63, 3.8) is 0 Å². The zero-order valence-electron chi connectivity index (χ0n) is 21.0. The van der Waals surface area contributed by atoms with E-state index in [1.54, 1.807) is 46.1 Å². The number of hydrogen-bond donors (Lipinski definition) is 3. The van der Waals surface area contributed by atoms with E-state index in [-0.39, 0.29) is 17.2 Å². The van der Waals surface area contributed by atoms with Crippen LogP contribution in [0.15, 0.2) is 35.4 Å². The van der Waals surface area contributed by atoms with E-state index >= 15 is 0 Å². The monoisotopic (exact) mass is 512 g/mol. The number of carbonyl (C=O) groups is 1. The van der Waals surface area contributed by atoms with Crippen LogP contribution in [0, 0.1) is 12.7 Å². The molecule has 3 N–H and O–H groups in total. The Morgan fingerprint density at radius 2 is 2.08 bits per heavy atom. The summed E-state index contributed by atoms with van der Waals surface area (Å²) >= 11 is 1.34. The van der Waals surface area contributed by atoms with Crippen LogP contribution < -0.4 is 15.6 Å². The number of aryl methyl sites for hydroxylation is 2. The largest absolute Gasteiger partial charge is 0.483 e. The second-order valence-corrected chi connectivity index (χ2v) is 10.3. The topological polar surface area (TPSA) is 109 Å². The molecular formula is C26H29FN4O4S. The number of aromatic nitrogens is 3. The fourth-order valence-corrected chi connectivity index (χ4v) is 5.18. The van der Waals surface area contributed by atoms with Gasteiger partial charge in [-0.15, -0.1) is 11.3 Å². The number of carbonyl (C=O) groups excluding carboxylic acids is 1. The van der Waals surface area contributed by atoms with Crippen molar-refractivity contribution in [2.45, 2.75) is 46.3 Å². The molecule has 1 atom stereocenters. The van der Waals surface area contributed by atoms with Crippen LogP contribution in [0.3, 0.4) is 0 Å². The summed E-state index contributed by atoms with van der Waals surface area (Å²) in [6.45, 7) is 9.21. The number of ether oxygens (including phenoxy) is 1. The lowest BCUT2D eigenvalue weighted by molar-refractivity contribution is 0.0821. The van der Waals surface area contributed by atoms with Gasteiger partial charge in [-0.25, -0.2) is 4.39 Å². The number of H-pyrrole nitrogens is 1. The van der Waals surface area contributed by atoms with E-state index < -0.39 is 17.5 Å². The quantitative estimate of drug-likeness (QED) is 0.337. The number of aromatic amines is 1. The van der Waals surface area contributed by atoms with Crippen molar-refractivity contribution in [3.8, 4) is 16.2 Å². The van der Waals surface area contributed by atoms with E-state index in [4.69, 9.17) is 4.74 Å². The van der Waals surface area contributed by atoms with E-state index in [9.17, 15) is 19.1 Å². The summed E-state index contributed by atoms with van der Waals surface area (Å²) in [6.07, 6.45) is 2.32. The lowest BCUT2D eigenvalue weighted by Gasteiger charge is -2.17. The Balaban J connectivity index is 1.89. The molecule has 4 aromatic heterocycles. The number of fused-ring (bicyclic) bond motifs is 1. The minimum atomic E-state index is -1.14. The number of nitrogens with one attached hydrogen (secondary N) is 2. The van der Waals surface area contributed by atoms with Crippen molar-refractivity contribution in [2.75, 3.05) is 6.54 Å². The molecule has 190 valence electrons. The van der Waals surface area contributed by atoms with Gasteiger partial charge in [0.1, 0.15) is 28.9 Å². The molecule has 0 aliphatic heterocycles. The van der Waals surface area contributed by atoms with E-state index in [1.165, 1.54) is 22.0 Å². The maximum Gasteiger partial charge on any atom is 0.274 e. The Morgan fingerprint density at radius 3 is 2.72 bits per heavy atom. The smallest absolute Gasteiger partial charge is 0.274 e. The SMILES string of the molecule is CCNC(=O)c1cc2c(-c3sc(C(C)(C)O)cc3OC(C)c3ncc(F)cc3C)cn(C)c(=O)c2[nH]1. The Morgan fingerprint density at radius 1 is 1.36 bits per heavy atom. The molecule has 0 radical (unpaired) electrons. The second kappa shape index (κ2) is 9.51. The highest BCUT2D eigenvalue weighted by atomic mass is 32.1. The van der Waals surface area contributed by atoms with Gasteiger partial charge in [-0.3, -0.25) is 14.6 Å². The first kappa shape index (κ1) is 25.6. The van der Waals surface area contributed by atoms with Crippen molar-refractivity contribution in [3.05, 3.63) is 68.6 Å². The van der Waals surface area contributed by atoms with Crippen LogP contribution in [0.4, 0.5) is 4.39 Å². The predicted molar refractivity (Wildman–Crippen MR) is 138 cm³/mol. The Labute approximate surface area is 211 Å². The van der Waals surface area contributed by atoms with Gasteiger partial charge in [-0.1, -0.05) is 0 Å². The molecule has 4 heterocycles. The third kappa shape index (κ3) is 4.78. The molecule has 1 amide bonds. The molecular weight excluding hydrogens is 483 g/mol. The fourth-order valence-electron chi connectivity index (χ4n) is 4.07. The number of halogens is 1. The van der Waals surface area contributed by atoms with Crippen molar-refractivity contribution >= 4 is 28.1 Å². The highest BCUT2D eigenvalue weighted by Gasteiger charge is 2.27. The normalized spacial score (nSPS) is 12.7. The molecule has 0 saturated carbocycles. The summed E-state index contributed by atoms with van der Waals surface area (Å²) in [5.41, 5.74) is 1.07. The number of thiophene rings is 1. The Hall–Kier alpha value is -3.50. The van der Waals surface area contributed by atoms with Crippen molar-refractivity contribution in [2.24, 2.45) is 7.05 Å². The first-order valence-corrected chi connectivity index (χ1v) is 12.4. The lowest BCUT2D eigenvalue weighted by atomic mass is 10.1. The molecule has 0 spiro atoms. The van der Waals surface area contributed by atoms with Gasteiger partial charge in [-0.2, -0.15) is 0 Å². The van der Waals surface area contributed by atoms with Crippen molar-refractivity contribution < 1.29 is 19.0 Å². The molecule has 10 heteroatoms. The highest BCUT2D eigenvalue weighted by Crippen LogP contribution is 2.45. The average molecular weight is 513 g/mol. The maximum absolute atomic E-state index is 13.6. The molecule has 36 heavy (non-hydrogen) atoms. The van der Waals surface area contributed by atoms with Gasteiger partial charge in [0, 0.05) is 35.6 Å². The van der Waals surface area contributed by atoms with Crippen LogP contribution >= 0.6 is 11.3 Å². The minimum Gasteiger partial charge on any atom is -0.483 e. The zero-order chi connectivity index (χ0) is 26.4. The van der Waals surface area contributed by atoms with Gasteiger partial charge >= 0.3 is 0 Å². The minimum absolute atomic E-state index is 0.273. The van der Waals surface area contributed by atoms with Crippen LogP contribution in [-0.4, -0.2) is 32.1 Å². The first-order chi connectivity index (χ1) is 16.9. The second-order valence-electron chi connectivity index (χ2n) is 9.27. The van der Waals surface area contributed by atoms with Gasteiger partial charge in [0.25, 0.3) is 11.5 Å². The molecule has 1 unspecified atom stereocenters. The molecule has 0 aromatic carbocycles. The summed E-state index contributed by atoms with van der Waals surface area (Å²) < 4.78 is 21.4. The van der Waals surface area contributed by atoms with Crippen LogP contribution in [-0.2, 0) is 12.6 Å². The third-order valence-electron chi connectivity index (χ3n) is 5.87. The van der Waals surface area contributed by atoms with Crippen LogP contribution in [0.25, 0.3) is 21.3 Å². The number of aliphatic hydroxyl groups is 1. The molecule has 0 aliphatic rings. The van der Waals surface area contributed by atoms with Crippen LogP contribution in [0.2, 0.25) is 0 Å². The number of nitrogens with zero attached hydrogens (tertiary/aromatic N) is 2. The molecule has 0 aliphatic carbocycles. The first-order valence-electron chi connectivity index (χ1n) is 11.6. The Bertz CT molecular complexity index is 1510. The standard InChI is InChI=1S/C26H29FN4O4S/c1-7-28-24(32)18-9-16-17(12-31(6)25(33)22(16)30-18)23-19(10-20(36-23)26(4,5)34)35-14(3)21-13(2)8-15(27)11-29-21/h8-12,14,30,34H,7H2,1-6H3,(H,28,32). The van der Waals surface area contributed by atoms with Crippen molar-refractivity contribution in [1.29, 1.82) is 0 Å². The summed E-state index contributed by atoms with van der Waals surface area (Å²) in [5.74, 6) is -0.254. The van der Waals surface area contributed by atoms with Gasteiger partial charge in [0.15, 0.2) is 0 Å². The van der Waals surface area contributed by atoms with E-state index in [0.717, 1.165) is 6.20 Å². The summed E-state index contributed by atoms with van der Waals surface area (Å²) in [4.78, 5) is 33.9. The fraction of sp³-hybridized carbons (Fsp3) is 0.346. The summed E-state index contributed by atoms with van der Waals surface area (Å²) in [6, 6.07) is 4.82. The Kier molecular flexibility index (Phi) is 6.76. The van der Waals surface area contributed by atoms with Crippen molar-refractivity contribution in [1.82, 2.24) is 19.9 Å².